The first kappa shape index (κ1) is 19.5. The van der Waals surface area contributed by atoms with Gasteiger partial charge in [-0.1, -0.05) is 54.1 Å². The van der Waals surface area contributed by atoms with Crippen molar-refractivity contribution in [3.05, 3.63) is 90.0 Å². The number of carbonyl (C=O) groups is 2. The first-order valence-electron chi connectivity index (χ1n) is 9.83. The molecule has 3 aromatic carbocycles. The molecule has 152 valence electrons. The molecule has 6 heteroatoms. The van der Waals surface area contributed by atoms with E-state index in [0.717, 1.165) is 28.2 Å². The van der Waals surface area contributed by atoms with Crippen LogP contribution < -0.4 is 15.5 Å². The Kier molecular flexibility index (Phi) is 5.66. The largest absolute Gasteiger partial charge is 0.447 e. The lowest BCUT2D eigenvalue weighted by Crippen LogP contribution is -2.27. The van der Waals surface area contributed by atoms with Crippen LogP contribution in [-0.2, 0) is 9.53 Å². The summed E-state index contributed by atoms with van der Waals surface area (Å²) in [5.41, 5.74) is 4.17. The van der Waals surface area contributed by atoms with Crippen molar-refractivity contribution in [2.24, 2.45) is 0 Å². The van der Waals surface area contributed by atoms with Crippen molar-refractivity contribution in [3.8, 4) is 0 Å². The van der Waals surface area contributed by atoms with E-state index in [2.05, 4.69) is 10.6 Å². The molecule has 1 unspecified atom stereocenters. The van der Waals surface area contributed by atoms with E-state index in [1.54, 1.807) is 4.90 Å². The minimum Gasteiger partial charge on any atom is -0.447 e. The van der Waals surface area contributed by atoms with Crippen LogP contribution in [0.1, 0.15) is 17.2 Å². The maximum atomic E-state index is 13.1. The van der Waals surface area contributed by atoms with Gasteiger partial charge < -0.3 is 15.4 Å². The molecule has 1 aliphatic rings. The van der Waals surface area contributed by atoms with Crippen molar-refractivity contribution in [3.63, 3.8) is 0 Å². The second-order valence-electron chi connectivity index (χ2n) is 7.16. The number of nitrogens with one attached hydrogen (secondary N) is 2. The molecule has 0 bridgehead atoms. The highest BCUT2D eigenvalue weighted by Gasteiger charge is 2.25. The molecule has 4 rings (SSSR count). The smallest absolute Gasteiger partial charge is 0.414 e. The molecule has 1 aliphatic heterocycles. The maximum absolute atomic E-state index is 13.1. The van der Waals surface area contributed by atoms with Gasteiger partial charge in [-0.25, -0.2) is 4.79 Å². The average Bonchev–Trinajstić information content (AvgIpc) is 3.20. The number of benzene rings is 3. The Morgan fingerprint density at radius 3 is 2.43 bits per heavy atom. The molecule has 0 aromatic heterocycles. The van der Waals surface area contributed by atoms with Crippen molar-refractivity contribution in [2.75, 3.05) is 28.7 Å². The molecular weight excluding hydrogens is 378 g/mol. The molecule has 1 saturated heterocycles. The summed E-state index contributed by atoms with van der Waals surface area (Å²) in [6.07, 6.45) is -0.358. The van der Waals surface area contributed by atoms with Crippen molar-refractivity contribution in [1.29, 1.82) is 0 Å². The Balaban J connectivity index is 1.58. The summed E-state index contributed by atoms with van der Waals surface area (Å²) in [5.74, 6) is -0.170. The average molecular weight is 401 g/mol. The Hall–Kier alpha value is -3.80. The third-order valence-electron chi connectivity index (χ3n) is 4.94. The van der Waals surface area contributed by atoms with E-state index >= 15 is 0 Å². The van der Waals surface area contributed by atoms with Gasteiger partial charge in [0.1, 0.15) is 12.6 Å². The first-order valence-corrected chi connectivity index (χ1v) is 9.83. The fourth-order valence-electron chi connectivity index (χ4n) is 3.36. The minimum absolute atomic E-state index is 0.170. The van der Waals surface area contributed by atoms with Crippen molar-refractivity contribution < 1.29 is 14.3 Å². The quantitative estimate of drug-likeness (QED) is 0.626. The molecule has 1 heterocycles. The number of amides is 2. The summed E-state index contributed by atoms with van der Waals surface area (Å²) in [5, 5.41) is 6.29. The van der Waals surface area contributed by atoms with Gasteiger partial charge in [-0.2, -0.15) is 0 Å². The summed E-state index contributed by atoms with van der Waals surface area (Å²) in [4.78, 5) is 26.6. The highest BCUT2D eigenvalue weighted by molar-refractivity contribution is 5.97. The van der Waals surface area contributed by atoms with Gasteiger partial charge in [0.15, 0.2) is 0 Å². The number of cyclic esters (lactones) is 1. The fraction of sp³-hybridized carbons (Fsp3) is 0.167. The standard InChI is InChI=1S/C24H23N3O3/c1-17-10-12-19(13-11-17)26-23(28)22(18-6-3-2-4-7-18)25-20-8-5-9-21(16-20)27-14-15-30-24(27)29/h2-13,16,22,25H,14-15H2,1H3,(H,26,28). The van der Waals surface area contributed by atoms with Gasteiger partial charge in [-0.05, 0) is 42.8 Å². The number of nitrogens with zero attached hydrogens (tertiary/aromatic N) is 1. The zero-order chi connectivity index (χ0) is 20.9. The summed E-state index contributed by atoms with van der Waals surface area (Å²) < 4.78 is 5.03. The fourth-order valence-corrected chi connectivity index (χ4v) is 3.36. The molecule has 3 aromatic rings. The van der Waals surface area contributed by atoms with Crippen LogP contribution in [0.3, 0.4) is 0 Å². The van der Waals surface area contributed by atoms with Gasteiger partial charge in [0.2, 0.25) is 0 Å². The predicted octanol–water partition coefficient (Wildman–Crippen LogP) is 4.74. The van der Waals surface area contributed by atoms with Crippen molar-refractivity contribution in [1.82, 2.24) is 0 Å². The molecule has 2 N–H and O–H groups in total. The molecule has 2 amide bonds. The number of hydrogen-bond acceptors (Lipinski definition) is 4. The van der Waals surface area contributed by atoms with Gasteiger partial charge in [0.05, 0.1) is 6.54 Å². The maximum Gasteiger partial charge on any atom is 0.414 e. The van der Waals surface area contributed by atoms with Gasteiger partial charge in [-0.15, -0.1) is 0 Å². The van der Waals surface area contributed by atoms with Gasteiger partial charge >= 0.3 is 6.09 Å². The molecular formula is C24H23N3O3. The van der Waals surface area contributed by atoms with Crippen LogP contribution in [0.5, 0.6) is 0 Å². The molecule has 1 fully saturated rings. The molecule has 30 heavy (non-hydrogen) atoms. The topological polar surface area (TPSA) is 70.7 Å². The lowest BCUT2D eigenvalue weighted by molar-refractivity contribution is -0.117. The summed E-state index contributed by atoms with van der Waals surface area (Å²) in [7, 11) is 0. The second-order valence-corrected chi connectivity index (χ2v) is 7.16. The predicted molar refractivity (Wildman–Crippen MR) is 118 cm³/mol. The van der Waals surface area contributed by atoms with E-state index < -0.39 is 6.04 Å². The number of aryl methyl sites for hydroxylation is 1. The lowest BCUT2D eigenvalue weighted by atomic mass is 10.1. The lowest BCUT2D eigenvalue weighted by Gasteiger charge is -2.21. The van der Waals surface area contributed by atoms with Crippen LogP contribution >= 0.6 is 0 Å². The van der Waals surface area contributed by atoms with E-state index in [0.29, 0.717) is 13.2 Å². The third-order valence-corrected chi connectivity index (χ3v) is 4.94. The summed E-state index contributed by atoms with van der Waals surface area (Å²) in [6.45, 7) is 2.89. The van der Waals surface area contributed by atoms with Crippen LogP contribution in [-0.4, -0.2) is 25.2 Å². The number of hydrogen-bond donors (Lipinski definition) is 2. The Bertz CT molecular complexity index is 1040. The monoisotopic (exact) mass is 401 g/mol. The molecule has 6 nitrogen and oxygen atoms in total. The minimum atomic E-state index is -0.603. The number of carbonyl (C=O) groups excluding carboxylic acids is 2. The molecule has 0 radical (unpaired) electrons. The van der Waals surface area contributed by atoms with Crippen molar-refractivity contribution in [2.45, 2.75) is 13.0 Å². The molecule has 1 atom stereocenters. The van der Waals surface area contributed by atoms with E-state index in [1.165, 1.54) is 0 Å². The molecule has 0 aliphatic carbocycles. The normalized spacial score (nSPS) is 14.2. The molecule has 0 saturated carbocycles. The van der Waals surface area contributed by atoms with Gasteiger partial charge in [0.25, 0.3) is 5.91 Å². The Morgan fingerprint density at radius 1 is 0.967 bits per heavy atom. The van der Waals surface area contributed by atoms with Crippen LogP contribution in [0.4, 0.5) is 21.9 Å². The van der Waals surface area contributed by atoms with E-state index in [9.17, 15) is 9.59 Å². The SMILES string of the molecule is Cc1ccc(NC(=O)C(Nc2cccc(N3CCOC3=O)c2)c2ccccc2)cc1. The zero-order valence-electron chi connectivity index (χ0n) is 16.7. The van der Waals surface area contributed by atoms with Crippen LogP contribution in [0.15, 0.2) is 78.9 Å². The van der Waals surface area contributed by atoms with E-state index in [-0.39, 0.29) is 12.0 Å². The van der Waals surface area contributed by atoms with Crippen molar-refractivity contribution >= 4 is 29.1 Å². The number of anilines is 3. The summed E-state index contributed by atoms with van der Waals surface area (Å²) >= 11 is 0. The van der Waals surface area contributed by atoms with Gasteiger partial charge in [0, 0.05) is 17.1 Å². The summed E-state index contributed by atoms with van der Waals surface area (Å²) in [6, 6.07) is 24.0. The van der Waals surface area contributed by atoms with Crippen LogP contribution in [0, 0.1) is 6.92 Å². The Morgan fingerprint density at radius 2 is 1.73 bits per heavy atom. The second kappa shape index (κ2) is 8.69. The van der Waals surface area contributed by atoms with E-state index in [4.69, 9.17) is 4.74 Å². The zero-order valence-corrected chi connectivity index (χ0v) is 16.7. The number of rotatable bonds is 6. The highest BCUT2D eigenvalue weighted by atomic mass is 16.6. The van der Waals surface area contributed by atoms with Crippen LogP contribution in [0.2, 0.25) is 0 Å². The molecule has 0 spiro atoms. The third kappa shape index (κ3) is 4.43. The van der Waals surface area contributed by atoms with Gasteiger partial charge in [-0.3, -0.25) is 9.69 Å². The first-order chi connectivity index (χ1) is 14.6. The van der Waals surface area contributed by atoms with E-state index in [1.807, 2.05) is 85.8 Å². The van der Waals surface area contributed by atoms with Crippen LogP contribution in [0.25, 0.3) is 0 Å². The Labute approximate surface area is 175 Å². The highest BCUT2D eigenvalue weighted by Crippen LogP contribution is 2.26. The number of ether oxygens (including phenoxy) is 1.